The zero-order chi connectivity index (χ0) is 13.3. The van der Waals surface area contributed by atoms with Crippen molar-refractivity contribution in [2.45, 2.75) is 52.0 Å². The van der Waals surface area contributed by atoms with Crippen LogP contribution in [0.15, 0.2) is 0 Å². The molecule has 98 valence electrons. The lowest BCUT2D eigenvalue weighted by Crippen LogP contribution is -2.46. The summed E-state index contributed by atoms with van der Waals surface area (Å²) >= 11 is 0. The Labute approximate surface area is 101 Å². The van der Waals surface area contributed by atoms with E-state index in [0.717, 1.165) is 0 Å². The fourth-order valence-electron chi connectivity index (χ4n) is 1.47. The summed E-state index contributed by atoms with van der Waals surface area (Å²) in [6.45, 7) is 9.06. The van der Waals surface area contributed by atoms with Gasteiger partial charge in [0.05, 0.1) is 6.04 Å². The third kappa shape index (κ3) is 3.09. The molecule has 0 aliphatic carbocycles. The van der Waals surface area contributed by atoms with E-state index in [1.807, 2.05) is 0 Å². The molecule has 1 aliphatic heterocycles. The number of ether oxygens (including phenoxy) is 3. The van der Waals surface area contributed by atoms with Gasteiger partial charge in [-0.05, 0) is 27.7 Å². The molecule has 0 aromatic heterocycles. The maximum atomic E-state index is 11.8. The van der Waals surface area contributed by atoms with Gasteiger partial charge in [-0.25, -0.2) is 4.79 Å². The maximum absolute atomic E-state index is 11.8. The third-order valence-corrected chi connectivity index (χ3v) is 2.63. The minimum atomic E-state index is -1.11. The average molecular weight is 245 g/mol. The summed E-state index contributed by atoms with van der Waals surface area (Å²) in [4.78, 5) is 23.6. The zero-order valence-electron chi connectivity index (χ0n) is 10.9. The van der Waals surface area contributed by atoms with Gasteiger partial charge in [0.2, 0.25) is 5.79 Å². The van der Waals surface area contributed by atoms with E-state index >= 15 is 0 Å². The zero-order valence-corrected chi connectivity index (χ0v) is 10.9. The molecule has 0 aromatic carbocycles. The first-order valence-corrected chi connectivity index (χ1v) is 5.44. The van der Waals surface area contributed by atoms with Crippen LogP contribution in [-0.4, -0.2) is 41.6 Å². The van der Waals surface area contributed by atoms with E-state index in [-0.39, 0.29) is 6.73 Å². The molecule has 1 heterocycles. The standard InChI is InChI=1S/C11H19NO5/c1-8-11(5,16-7-13)15-6-12(8)9(14)17-10(2,3)4/h7-8H,6H2,1-5H3/t8-,11?/m1/s1. The van der Waals surface area contributed by atoms with Crippen molar-refractivity contribution in [1.82, 2.24) is 4.90 Å². The van der Waals surface area contributed by atoms with Crippen LogP contribution >= 0.6 is 0 Å². The van der Waals surface area contributed by atoms with Gasteiger partial charge < -0.3 is 14.2 Å². The SMILES string of the molecule is C[C@H]1N(C(=O)OC(C)(C)C)COC1(C)OC=O. The van der Waals surface area contributed by atoms with Gasteiger partial charge >= 0.3 is 6.09 Å². The predicted octanol–water partition coefficient (Wildman–Crippen LogP) is 1.49. The Hall–Kier alpha value is -1.30. The molecule has 17 heavy (non-hydrogen) atoms. The normalized spacial score (nSPS) is 29.0. The van der Waals surface area contributed by atoms with Crippen molar-refractivity contribution in [3.05, 3.63) is 0 Å². The fourth-order valence-corrected chi connectivity index (χ4v) is 1.47. The highest BCUT2D eigenvalue weighted by Gasteiger charge is 2.47. The molecule has 0 aromatic rings. The van der Waals surface area contributed by atoms with Crippen molar-refractivity contribution in [1.29, 1.82) is 0 Å². The van der Waals surface area contributed by atoms with Crippen LogP contribution in [0.2, 0.25) is 0 Å². The Balaban J connectivity index is 2.70. The second-order valence-corrected chi connectivity index (χ2v) is 5.13. The molecule has 1 fully saturated rings. The van der Waals surface area contributed by atoms with Gasteiger partial charge in [-0.2, -0.15) is 0 Å². The molecule has 0 spiro atoms. The number of amides is 1. The molecular formula is C11H19NO5. The Morgan fingerprint density at radius 3 is 2.59 bits per heavy atom. The highest BCUT2D eigenvalue weighted by Crippen LogP contribution is 2.29. The number of carbonyl (C=O) groups excluding carboxylic acids is 2. The summed E-state index contributed by atoms with van der Waals surface area (Å²) in [6, 6.07) is -0.400. The fraction of sp³-hybridized carbons (Fsp3) is 0.818. The van der Waals surface area contributed by atoms with Crippen LogP contribution in [0.25, 0.3) is 0 Å². The summed E-state index contributed by atoms with van der Waals surface area (Å²) in [5.74, 6) is -1.11. The first kappa shape index (κ1) is 13.8. The number of carbonyl (C=O) groups is 2. The van der Waals surface area contributed by atoms with Gasteiger partial charge in [-0.15, -0.1) is 0 Å². The van der Waals surface area contributed by atoms with Crippen LogP contribution in [0.3, 0.4) is 0 Å². The first-order chi connectivity index (χ1) is 7.69. The first-order valence-electron chi connectivity index (χ1n) is 5.44. The largest absolute Gasteiger partial charge is 0.444 e. The molecule has 1 aliphatic rings. The third-order valence-electron chi connectivity index (χ3n) is 2.63. The summed E-state index contributed by atoms with van der Waals surface area (Å²) in [6.07, 6.45) is -0.483. The van der Waals surface area contributed by atoms with Crippen molar-refractivity contribution in [3.8, 4) is 0 Å². The lowest BCUT2D eigenvalue weighted by atomic mass is 10.1. The summed E-state index contributed by atoms with van der Waals surface area (Å²) in [5.41, 5.74) is -0.568. The molecule has 0 saturated carbocycles. The molecule has 6 nitrogen and oxygen atoms in total. The van der Waals surface area contributed by atoms with Crippen LogP contribution < -0.4 is 0 Å². The summed E-state index contributed by atoms with van der Waals surface area (Å²) in [5, 5.41) is 0. The monoisotopic (exact) mass is 245 g/mol. The Bertz CT molecular complexity index is 311. The lowest BCUT2D eigenvalue weighted by Gasteiger charge is -2.29. The molecule has 0 bridgehead atoms. The van der Waals surface area contributed by atoms with Crippen LogP contribution in [0, 0.1) is 0 Å². The van der Waals surface area contributed by atoms with Crippen molar-refractivity contribution >= 4 is 12.6 Å². The molecular weight excluding hydrogens is 226 g/mol. The van der Waals surface area contributed by atoms with Crippen LogP contribution in [-0.2, 0) is 19.0 Å². The van der Waals surface area contributed by atoms with E-state index in [1.165, 1.54) is 4.90 Å². The number of rotatable bonds is 2. The van der Waals surface area contributed by atoms with Crippen molar-refractivity contribution < 1.29 is 23.8 Å². The van der Waals surface area contributed by atoms with E-state index in [9.17, 15) is 9.59 Å². The van der Waals surface area contributed by atoms with E-state index in [2.05, 4.69) is 0 Å². The quantitative estimate of drug-likeness (QED) is 0.689. The summed E-state index contributed by atoms with van der Waals surface area (Å²) < 4.78 is 15.4. The molecule has 1 rings (SSSR count). The Morgan fingerprint density at radius 1 is 1.53 bits per heavy atom. The van der Waals surface area contributed by atoms with Crippen molar-refractivity contribution in [2.24, 2.45) is 0 Å². The van der Waals surface area contributed by atoms with Gasteiger partial charge in [-0.1, -0.05) is 0 Å². The molecule has 6 heteroatoms. The Morgan fingerprint density at radius 2 is 2.12 bits per heavy atom. The average Bonchev–Trinajstić information content (AvgIpc) is 2.41. The molecule has 1 unspecified atom stereocenters. The van der Waals surface area contributed by atoms with E-state index in [4.69, 9.17) is 14.2 Å². The van der Waals surface area contributed by atoms with E-state index < -0.39 is 23.5 Å². The molecule has 0 radical (unpaired) electrons. The molecule has 0 N–H and O–H groups in total. The van der Waals surface area contributed by atoms with E-state index in [0.29, 0.717) is 6.47 Å². The minimum absolute atomic E-state index is 0.0421. The number of hydrogen-bond donors (Lipinski definition) is 0. The second-order valence-electron chi connectivity index (χ2n) is 5.13. The number of nitrogens with zero attached hydrogens (tertiary/aromatic N) is 1. The van der Waals surface area contributed by atoms with Crippen LogP contribution in [0.4, 0.5) is 4.79 Å². The topological polar surface area (TPSA) is 65.1 Å². The van der Waals surface area contributed by atoms with Crippen LogP contribution in [0.1, 0.15) is 34.6 Å². The van der Waals surface area contributed by atoms with Crippen LogP contribution in [0.5, 0.6) is 0 Å². The van der Waals surface area contributed by atoms with Gasteiger partial charge in [0.25, 0.3) is 6.47 Å². The second kappa shape index (κ2) is 4.52. The molecule has 1 saturated heterocycles. The van der Waals surface area contributed by atoms with Gasteiger partial charge in [0.1, 0.15) is 12.3 Å². The maximum Gasteiger partial charge on any atom is 0.412 e. The smallest absolute Gasteiger partial charge is 0.412 e. The minimum Gasteiger partial charge on any atom is -0.444 e. The Kier molecular flexibility index (Phi) is 3.66. The van der Waals surface area contributed by atoms with E-state index in [1.54, 1.807) is 34.6 Å². The van der Waals surface area contributed by atoms with Gasteiger partial charge in [-0.3, -0.25) is 9.69 Å². The highest BCUT2D eigenvalue weighted by molar-refractivity contribution is 5.68. The molecule has 1 amide bonds. The van der Waals surface area contributed by atoms with Gasteiger partial charge in [0, 0.05) is 6.92 Å². The molecule has 2 atom stereocenters. The number of hydrogen-bond acceptors (Lipinski definition) is 5. The van der Waals surface area contributed by atoms with Gasteiger partial charge in [0.15, 0.2) is 0 Å². The van der Waals surface area contributed by atoms with Crippen molar-refractivity contribution in [2.75, 3.05) is 6.73 Å². The predicted molar refractivity (Wildman–Crippen MR) is 59.0 cm³/mol. The summed E-state index contributed by atoms with van der Waals surface area (Å²) in [7, 11) is 0. The highest BCUT2D eigenvalue weighted by atomic mass is 16.7. The lowest BCUT2D eigenvalue weighted by molar-refractivity contribution is -0.195. The van der Waals surface area contributed by atoms with Crippen molar-refractivity contribution in [3.63, 3.8) is 0 Å².